The van der Waals surface area contributed by atoms with Gasteiger partial charge in [-0.2, -0.15) is 0 Å². The fourth-order valence-corrected chi connectivity index (χ4v) is 3.29. The van der Waals surface area contributed by atoms with Gasteiger partial charge in [0.25, 0.3) is 0 Å². The molecule has 0 spiro atoms. The predicted octanol–water partition coefficient (Wildman–Crippen LogP) is 2.72. The Morgan fingerprint density at radius 3 is 2.58 bits per heavy atom. The number of imidazole rings is 1. The lowest BCUT2D eigenvalue weighted by Gasteiger charge is -2.32. The molecule has 1 N–H and O–H groups in total. The van der Waals surface area contributed by atoms with Gasteiger partial charge in [-0.1, -0.05) is 6.07 Å². The molecule has 6 heteroatoms. The van der Waals surface area contributed by atoms with Crippen LogP contribution in [0.3, 0.4) is 0 Å². The Morgan fingerprint density at radius 2 is 1.83 bits per heavy atom. The largest absolute Gasteiger partial charge is 0.357 e. The Kier molecular flexibility index (Phi) is 4.18. The van der Waals surface area contributed by atoms with Gasteiger partial charge in [-0.15, -0.1) is 0 Å². The maximum Gasteiger partial charge on any atom is 0.157 e. The van der Waals surface area contributed by atoms with Gasteiger partial charge in [0.05, 0.1) is 5.69 Å². The van der Waals surface area contributed by atoms with Crippen molar-refractivity contribution >= 4 is 5.82 Å². The zero-order valence-electron chi connectivity index (χ0n) is 13.5. The first-order valence-corrected chi connectivity index (χ1v) is 8.36. The molecule has 0 saturated carbocycles. The summed E-state index contributed by atoms with van der Waals surface area (Å²) >= 11 is 0. The number of aromatic amines is 1. The van der Waals surface area contributed by atoms with Gasteiger partial charge < -0.3 is 9.88 Å². The SMILES string of the molecule is c1ccc(N2CCC(Cc3nccnc3-c3ncc[nH]3)CC2)nc1. The first-order chi connectivity index (χ1) is 11.9. The summed E-state index contributed by atoms with van der Waals surface area (Å²) in [5.41, 5.74) is 1.90. The van der Waals surface area contributed by atoms with Gasteiger partial charge in [0.15, 0.2) is 5.82 Å². The van der Waals surface area contributed by atoms with Crippen molar-refractivity contribution in [2.75, 3.05) is 18.0 Å². The Labute approximate surface area is 141 Å². The van der Waals surface area contributed by atoms with Gasteiger partial charge in [0.1, 0.15) is 11.5 Å². The highest BCUT2D eigenvalue weighted by atomic mass is 15.2. The van der Waals surface area contributed by atoms with Gasteiger partial charge in [0, 0.05) is 44.1 Å². The number of pyridine rings is 1. The molecule has 1 saturated heterocycles. The second kappa shape index (κ2) is 6.78. The van der Waals surface area contributed by atoms with E-state index in [-0.39, 0.29) is 0 Å². The number of rotatable bonds is 4. The van der Waals surface area contributed by atoms with E-state index >= 15 is 0 Å². The number of hydrogen-bond donors (Lipinski definition) is 1. The fraction of sp³-hybridized carbons (Fsp3) is 0.333. The first kappa shape index (κ1) is 14.8. The van der Waals surface area contributed by atoms with Crippen molar-refractivity contribution in [1.82, 2.24) is 24.9 Å². The van der Waals surface area contributed by atoms with Crippen LogP contribution in [-0.4, -0.2) is 38.0 Å². The van der Waals surface area contributed by atoms with E-state index in [1.807, 2.05) is 24.5 Å². The summed E-state index contributed by atoms with van der Waals surface area (Å²) in [6.45, 7) is 2.08. The molecule has 1 aliphatic heterocycles. The quantitative estimate of drug-likeness (QED) is 0.800. The number of hydrogen-bond acceptors (Lipinski definition) is 5. The molecule has 1 aliphatic rings. The number of piperidine rings is 1. The smallest absolute Gasteiger partial charge is 0.157 e. The van der Waals surface area contributed by atoms with E-state index in [2.05, 4.69) is 35.9 Å². The van der Waals surface area contributed by atoms with Crippen LogP contribution in [0.25, 0.3) is 11.5 Å². The van der Waals surface area contributed by atoms with Crippen LogP contribution >= 0.6 is 0 Å². The third-order valence-electron chi connectivity index (χ3n) is 4.57. The number of nitrogens with zero attached hydrogens (tertiary/aromatic N) is 5. The summed E-state index contributed by atoms with van der Waals surface area (Å²) in [5, 5.41) is 0. The maximum atomic E-state index is 4.56. The van der Waals surface area contributed by atoms with Crippen LogP contribution in [0.1, 0.15) is 18.5 Å². The molecule has 0 amide bonds. The molecular formula is C18H20N6. The molecule has 0 unspecified atom stereocenters. The summed E-state index contributed by atoms with van der Waals surface area (Å²) < 4.78 is 0. The highest BCUT2D eigenvalue weighted by Crippen LogP contribution is 2.26. The molecule has 1 fully saturated rings. The lowest BCUT2D eigenvalue weighted by Crippen LogP contribution is -2.34. The minimum atomic E-state index is 0.621. The molecule has 0 aromatic carbocycles. The van der Waals surface area contributed by atoms with Crippen LogP contribution in [-0.2, 0) is 6.42 Å². The van der Waals surface area contributed by atoms with Crippen LogP contribution in [0.2, 0.25) is 0 Å². The van der Waals surface area contributed by atoms with Crippen molar-refractivity contribution < 1.29 is 0 Å². The van der Waals surface area contributed by atoms with Gasteiger partial charge in [-0.05, 0) is 37.3 Å². The molecule has 4 heterocycles. The highest BCUT2D eigenvalue weighted by Gasteiger charge is 2.22. The van der Waals surface area contributed by atoms with E-state index < -0.39 is 0 Å². The summed E-state index contributed by atoms with van der Waals surface area (Å²) in [6, 6.07) is 6.09. The molecule has 3 aromatic heterocycles. The average molecular weight is 320 g/mol. The molecule has 24 heavy (non-hydrogen) atoms. The molecule has 3 aromatic rings. The minimum absolute atomic E-state index is 0.621. The molecule has 0 bridgehead atoms. The standard InChI is InChI=1S/C18H20N6/c1-2-6-20-16(3-1)24-11-4-14(5-12-24)13-15-17(21-8-7-19-15)18-22-9-10-23-18/h1-3,6-10,14H,4-5,11-13H2,(H,22,23). The van der Waals surface area contributed by atoms with Crippen molar-refractivity contribution in [3.05, 3.63) is 54.9 Å². The van der Waals surface area contributed by atoms with Crippen LogP contribution in [0.15, 0.2) is 49.2 Å². The minimum Gasteiger partial charge on any atom is -0.357 e. The Morgan fingerprint density at radius 1 is 0.958 bits per heavy atom. The van der Waals surface area contributed by atoms with E-state index in [1.165, 1.54) is 0 Å². The predicted molar refractivity (Wildman–Crippen MR) is 92.5 cm³/mol. The van der Waals surface area contributed by atoms with E-state index in [0.717, 1.165) is 55.4 Å². The second-order valence-corrected chi connectivity index (χ2v) is 6.11. The van der Waals surface area contributed by atoms with E-state index in [9.17, 15) is 0 Å². The highest BCUT2D eigenvalue weighted by molar-refractivity contribution is 5.52. The number of H-pyrrole nitrogens is 1. The maximum absolute atomic E-state index is 4.56. The zero-order chi connectivity index (χ0) is 16.2. The summed E-state index contributed by atoms with van der Waals surface area (Å²) in [5.74, 6) is 2.49. The third-order valence-corrected chi connectivity index (χ3v) is 4.57. The lowest BCUT2D eigenvalue weighted by atomic mass is 9.91. The lowest BCUT2D eigenvalue weighted by molar-refractivity contribution is 0.399. The van der Waals surface area contributed by atoms with E-state index in [1.54, 1.807) is 18.6 Å². The van der Waals surface area contributed by atoms with Crippen LogP contribution in [0.4, 0.5) is 5.82 Å². The number of nitrogens with one attached hydrogen (secondary N) is 1. The van der Waals surface area contributed by atoms with Gasteiger partial charge in [-0.3, -0.25) is 4.98 Å². The van der Waals surface area contributed by atoms with Crippen molar-refractivity contribution in [1.29, 1.82) is 0 Å². The van der Waals surface area contributed by atoms with Crippen LogP contribution < -0.4 is 4.90 Å². The molecule has 0 atom stereocenters. The first-order valence-electron chi connectivity index (χ1n) is 8.36. The summed E-state index contributed by atoms with van der Waals surface area (Å²) in [6.07, 6.45) is 12.2. The topological polar surface area (TPSA) is 70.6 Å². The van der Waals surface area contributed by atoms with E-state index in [4.69, 9.17) is 0 Å². The Hall–Kier alpha value is -2.76. The van der Waals surface area contributed by atoms with Gasteiger partial charge >= 0.3 is 0 Å². The Bertz CT molecular complexity index is 763. The normalized spacial score (nSPS) is 15.6. The van der Waals surface area contributed by atoms with E-state index in [0.29, 0.717) is 5.92 Å². The van der Waals surface area contributed by atoms with Crippen molar-refractivity contribution in [3.63, 3.8) is 0 Å². The summed E-state index contributed by atoms with van der Waals surface area (Å²) in [4.78, 5) is 23.3. The molecule has 0 radical (unpaired) electrons. The van der Waals surface area contributed by atoms with Crippen LogP contribution in [0.5, 0.6) is 0 Å². The molecule has 4 rings (SSSR count). The third kappa shape index (κ3) is 3.13. The number of anilines is 1. The van der Waals surface area contributed by atoms with Gasteiger partial charge in [-0.25, -0.2) is 15.0 Å². The average Bonchev–Trinajstić information content (AvgIpc) is 3.18. The molecular weight excluding hydrogens is 300 g/mol. The monoisotopic (exact) mass is 320 g/mol. The zero-order valence-corrected chi connectivity index (χ0v) is 13.5. The Balaban J connectivity index is 1.43. The fourth-order valence-electron chi connectivity index (χ4n) is 3.29. The number of aromatic nitrogens is 5. The van der Waals surface area contributed by atoms with Crippen molar-refractivity contribution in [2.24, 2.45) is 5.92 Å². The second-order valence-electron chi connectivity index (χ2n) is 6.11. The van der Waals surface area contributed by atoms with Gasteiger partial charge in [0.2, 0.25) is 0 Å². The summed E-state index contributed by atoms with van der Waals surface area (Å²) in [7, 11) is 0. The molecule has 6 nitrogen and oxygen atoms in total. The molecule has 0 aliphatic carbocycles. The van der Waals surface area contributed by atoms with Crippen molar-refractivity contribution in [2.45, 2.75) is 19.3 Å². The van der Waals surface area contributed by atoms with Crippen molar-refractivity contribution in [3.8, 4) is 11.5 Å². The van der Waals surface area contributed by atoms with Crippen LogP contribution in [0, 0.1) is 5.92 Å². The molecule has 122 valence electrons.